The number of benzene rings is 1. The van der Waals surface area contributed by atoms with Gasteiger partial charge in [-0.3, -0.25) is 0 Å². The SMILES string of the molecule is CCc1ccc(-c2ccc(CC(C)(C)C)cc2C)[n+](C)c1. The molecule has 1 heterocycles. The molecule has 0 spiro atoms. The molecule has 0 N–H and O–H groups in total. The number of pyridine rings is 1. The molecule has 0 saturated carbocycles. The fourth-order valence-corrected chi connectivity index (χ4v) is 2.89. The van der Waals surface area contributed by atoms with Gasteiger partial charge in [0.15, 0.2) is 6.20 Å². The standard InChI is InChI=1S/C20H28N/c1-7-16-9-11-19(21(6)14-16)18-10-8-17(12-15(18)2)13-20(3,4)5/h8-12,14H,7,13H2,1-6H3/q+1. The second-order valence-corrected chi connectivity index (χ2v) is 7.27. The molecule has 112 valence electrons. The van der Waals surface area contributed by atoms with Gasteiger partial charge in [-0.15, -0.1) is 0 Å². The van der Waals surface area contributed by atoms with Crippen molar-refractivity contribution < 1.29 is 4.57 Å². The Morgan fingerprint density at radius 3 is 2.19 bits per heavy atom. The quantitative estimate of drug-likeness (QED) is 0.722. The van der Waals surface area contributed by atoms with Gasteiger partial charge in [-0.1, -0.05) is 39.8 Å². The molecule has 0 amide bonds. The van der Waals surface area contributed by atoms with E-state index in [4.69, 9.17) is 0 Å². The van der Waals surface area contributed by atoms with Gasteiger partial charge < -0.3 is 0 Å². The second-order valence-electron chi connectivity index (χ2n) is 7.27. The van der Waals surface area contributed by atoms with Crippen LogP contribution in [0.25, 0.3) is 11.3 Å². The van der Waals surface area contributed by atoms with Gasteiger partial charge in [-0.25, -0.2) is 4.57 Å². The first-order chi connectivity index (χ1) is 9.80. The zero-order valence-electron chi connectivity index (χ0n) is 14.3. The maximum Gasteiger partial charge on any atom is 0.212 e. The van der Waals surface area contributed by atoms with E-state index >= 15 is 0 Å². The van der Waals surface area contributed by atoms with Gasteiger partial charge in [0.05, 0.1) is 0 Å². The highest BCUT2D eigenvalue weighted by molar-refractivity contribution is 5.61. The van der Waals surface area contributed by atoms with E-state index in [2.05, 4.69) is 82.8 Å². The second kappa shape index (κ2) is 6.01. The molecule has 1 aromatic carbocycles. The zero-order chi connectivity index (χ0) is 15.6. The molecule has 0 fully saturated rings. The number of hydrogen-bond acceptors (Lipinski definition) is 0. The van der Waals surface area contributed by atoms with Crippen LogP contribution < -0.4 is 4.57 Å². The minimum absolute atomic E-state index is 0.335. The average Bonchev–Trinajstić information content (AvgIpc) is 2.37. The van der Waals surface area contributed by atoms with Crippen LogP contribution in [-0.2, 0) is 19.9 Å². The van der Waals surface area contributed by atoms with Crippen molar-refractivity contribution in [2.75, 3.05) is 0 Å². The number of hydrogen-bond donors (Lipinski definition) is 0. The van der Waals surface area contributed by atoms with Crippen LogP contribution in [0, 0.1) is 12.3 Å². The lowest BCUT2D eigenvalue weighted by atomic mass is 9.87. The number of aryl methyl sites for hydroxylation is 3. The fraction of sp³-hybridized carbons (Fsp3) is 0.450. The first-order valence-corrected chi connectivity index (χ1v) is 7.88. The van der Waals surface area contributed by atoms with Crippen molar-refractivity contribution in [1.82, 2.24) is 0 Å². The first-order valence-electron chi connectivity index (χ1n) is 7.88. The van der Waals surface area contributed by atoms with Gasteiger partial charge >= 0.3 is 0 Å². The van der Waals surface area contributed by atoms with Crippen molar-refractivity contribution in [2.24, 2.45) is 12.5 Å². The third-order valence-electron chi connectivity index (χ3n) is 3.90. The van der Waals surface area contributed by atoms with Gasteiger partial charge in [-0.2, -0.15) is 0 Å². The van der Waals surface area contributed by atoms with Gasteiger partial charge in [-0.05, 0) is 48.4 Å². The van der Waals surface area contributed by atoms with Crippen molar-refractivity contribution in [1.29, 1.82) is 0 Å². The molecule has 0 aliphatic rings. The summed E-state index contributed by atoms with van der Waals surface area (Å²) in [5.74, 6) is 0. The Kier molecular flexibility index (Phi) is 4.51. The lowest BCUT2D eigenvalue weighted by molar-refractivity contribution is -0.660. The van der Waals surface area contributed by atoms with E-state index in [1.165, 1.54) is 27.9 Å². The summed E-state index contributed by atoms with van der Waals surface area (Å²) in [6.45, 7) is 11.3. The highest BCUT2D eigenvalue weighted by Crippen LogP contribution is 2.26. The summed E-state index contributed by atoms with van der Waals surface area (Å²) >= 11 is 0. The summed E-state index contributed by atoms with van der Waals surface area (Å²) in [5.41, 5.74) is 7.11. The van der Waals surface area contributed by atoms with Gasteiger partial charge in [0, 0.05) is 17.2 Å². The third-order valence-corrected chi connectivity index (χ3v) is 3.90. The van der Waals surface area contributed by atoms with Gasteiger partial charge in [0.2, 0.25) is 5.69 Å². The molecule has 1 heteroatoms. The van der Waals surface area contributed by atoms with Gasteiger partial charge in [0.25, 0.3) is 0 Å². The molecule has 21 heavy (non-hydrogen) atoms. The maximum atomic E-state index is 2.34. The van der Waals surface area contributed by atoms with E-state index < -0.39 is 0 Å². The topological polar surface area (TPSA) is 3.88 Å². The van der Waals surface area contributed by atoms with Crippen molar-refractivity contribution in [3.8, 4) is 11.3 Å². The smallest absolute Gasteiger partial charge is 0.201 e. The summed E-state index contributed by atoms with van der Waals surface area (Å²) in [6.07, 6.45) is 4.43. The van der Waals surface area contributed by atoms with E-state index in [1.54, 1.807) is 0 Å². The van der Waals surface area contributed by atoms with Crippen LogP contribution in [0.2, 0.25) is 0 Å². The summed E-state index contributed by atoms with van der Waals surface area (Å²) in [4.78, 5) is 0. The lowest BCUT2D eigenvalue weighted by Gasteiger charge is -2.18. The van der Waals surface area contributed by atoms with Crippen LogP contribution in [0.15, 0.2) is 36.5 Å². The molecule has 0 radical (unpaired) electrons. The third kappa shape index (κ3) is 3.93. The summed E-state index contributed by atoms with van der Waals surface area (Å²) in [6, 6.07) is 11.4. The molecule has 0 unspecified atom stereocenters. The Hall–Kier alpha value is -1.63. The van der Waals surface area contributed by atoms with Gasteiger partial charge in [0.1, 0.15) is 7.05 Å². The average molecular weight is 282 g/mol. The maximum absolute atomic E-state index is 2.34. The minimum Gasteiger partial charge on any atom is -0.201 e. The molecule has 1 nitrogen and oxygen atoms in total. The highest BCUT2D eigenvalue weighted by atomic mass is 14.9. The molecular formula is C20H28N+. The Labute approximate surface area is 129 Å². The Morgan fingerprint density at radius 1 is 1.00 bits per heavy atom. The number of rotatable bonds is 3. The normalized spacial score (nSPS) is 11.7. The molecule has 2 aromatic rings. The Bertz CT molecular complexity index is 633. The lowest BCUT2D eigenvalue weighted by Crippen LogP contribution is -2.31. The van der Waals surface area contributed by atoms with Crippen molar-refractivity contribution in [2.45, 2.75) is 47.5 Å². The number of aromatic nitrogens is 1. The summed E-state index contributed by atoms with van der Waals surface area (Å²) < 4.78 is 2.24. The van der Waals surface area contributed by atoms with E-state index in [1.807, 2.05) is 0 Å². The molecule has 1 aromatic heterocycles. The van der Waals surface area contributed by atoms with Crippen LogP contribution in [0.4, 0.5) is 0 Å². The van der Waals surface area contributed by atoms with Crippen LogP contribution in [0.5, 0.6) is 0 Å². The van der Waals surface area contributed by atoms with Crippen molar-refractivity contribution in [3.63, 3.8) is 0 Å². The molecular weight excluding hydrogens is 254 g/mol. The minimum atomic E-state index is 0.335. The monoisotopic (exact) mass is 282 g/mol. The van der Waals surface area contributed by atoms with E-state index in [0.717, 1.165) is 12.8 Å². The predicted octanol–water partition coefficient (Wildman–Crippen LogP) is 4.64. The summed E-state index contributed by atoms with van der Waals surface area (Å²) in [5, 5.41) is 0. The fourth-order valence-electron chi connectivity index (χ4n) is 2.89. The van der Waals surface area contributed by atoms with E-state index in [0.29, 0.717) is 5.41 Å². The van der Waals surface area contributed by atoms with Crippen LogP contribution in [0.3, 0.4) is 0 Å². The van der Waals surface area contributed by atoms with Crippen LogP contribution in [0.1, 0.15) is 44.4 Å². The molecule has 0 atom stereocenters. The number of nitrogens with zero attached hydrogens (tertiary/aromatic N) is 1. The molecule has 0 saturated heterocycles. The molecule has 0 aliphatic carbocycles. The van der Waals surface area contributed by atoms with E-state index in [9.17, 15) is 0 Å². The van der Waals surface area contributed by atoms with Crippen molar-refractivity contribution >= 4 is 0 Å². The highest BCUT2D eigenvalue weighted by Gasteiger charge is 2.15. The largest absolute Gasteiger partial charge is 0.212 e. The summed E-state index contributed by atoms with van der Waals surface area (Å²) in [7, 11) is 2.14. The Morgan fingerprint density at radius 2 is 1.67 bits per heavy atom. The zero-order valence-corrected chi connectivity index (χ0v) is 14.3. The van der Waals surface area contributed by atoms with Crippen LogP contribution >= 0.6 is 0 Å². The molecule has 2 rings (SSSR count). The molecule has 0 bridgehead atoms. The Balaban J connectivity index is 2.37. The van der Waals surface area contributed by atoms with Crippen LogP contribution in [-0.4, -0.2) is 0 Å². The van der Waals surface area contributed by atoms with Crippen molar-refractivity contribution in [3.05, 3.63) is 53.2 Å². The first kappa shape index (κ1) is 15.8. The predicted molar refractivity (Wildman–Crippen MR) is 90.3 cm³/mol. The molecule has 0 aliphatic heterocycles. The van der Waals surface area contributed by atoms with E-state index in [-0.39, 0.29) is 0 Å².